The first kappa shape index (κ1) is 17.3. The van der Waals surface area contributed by atoms with Gasteiger partial charge in [-0.05, 0) is 19.3 Å². The molecule has 3 rings (SSSR count). The van der Waals surface area contributed by atoms with Gasteiger partial charge in [0.05, 0.1) is 5.41 Å². The number of H-pyrrole nitrogens is 1. The number of carbonyl (C=O) groups is 1. The zero-order valence-corrected chi connectivity index (χ0v) is 14.6. The van der Waals surface area contributed by atoms with Gasteiger partial charge in [0.2, 0.25) is 5.91 Å². The molecule has 2 aliphatic heterocycles. The zero-order chi connectivity index (χ0) is 17.2. The van der Waals surface area contributed by atoms with Gasteiger partial charge in [0.1, 0.15) is 6.33 Å². The van der Waals surface area contributed by atoms with Crippen molar-refractivity contribution in [1.29, 1.82) is 0 Å². The number of hydrogen-bond donors (Lipinski definition) is 1. The number of piperazine rings is 1. The molecule has 1 N–H and O–H groups in total. The van der Waals surface area contributed by atoms with Crippen LogP contribution in [0.25, 0.3) is 0 Å². The van der Waals surface area contributed by atoms with Gasteiger partial charge in [-0.15, -0.1) is 0 Å². The zero-order valence-electron chi connectivity index (χ0n) is 13.8. The van der Waals surface area contributed by atoms with Crippen LogP contribution in [-0.4, -0.2) is 78.1 Å². The molecule has 1 aromatic rings. The Kier molecular flexibility index (Phi) is 4.88. The van der Waals surface area contributed by atoms with E-state index in [1.807, 2.05) is 6.92 Å². The molecule has 1 aromatic heterocycles. The second kappa shape index (κ2) is 6.77. The van der Waals surface area contributed by atoms with Crippen molar-refractivity contribution >= 4 is 15.9 Å². The SMILES string of the molecule is CCC1(C(=O)N2CCN(S(=O)(=O)c3ncn[nH]3)CC2)CCOCC1. The molecule has 24 heavy (non-hydrogen) atoms. The molecule has 2 fully saturated rings. The van der Waals surface area contributed by atoms with Gasteiger partial charge in [-0.2, -0.15) is 9.40 Å². The first-order chi connectivity index (χ1) is 11.5. The summed E-state index contributed by atoms with van der Waals surface area (Å²) < 4.78 is 31.6. The van der Waals surface area contributed by atoms with E-state index in [9.17, 15) is 13.2 Å². The van der Waals surface area contributed by atoms with Gasteiger partial charge >= 0.3 is 0 Å². The molecule has 1 amide bonds. The second-order valence-electron chi connectivity index (χ2n) is 6.23. The molecule has 0 aliphatic carbocycles. The highest BCUT2D eigenvalue weighted by atomic mass is 32.2. The molecule has 134 valence electrons. The van der Waals surface area contributed by atoms with E-state index in [2.05, 4.69) is 15.2 Å². The summed E-state index contributed by atoms with van der Waals surface area (Å²) >= 11 is 0. The van der Waals surface area contributed by atoms with Gasteiger partial charge in [-0.3, -0.25) is 4.79 Å². The minimum absolute atomic E-state index is 0.130. The molecule has 3 heterocycles. The molecule has 0 bridgehead atoms. The topological polar surface area (TPSA) is 108 Å². The van der Waals surface area contributed by atoms with E-state index in [1.54, 1.807) is 4.90 Å². The van der Waals surface area contributed by atoms with E-state index in [-0.39, 0.29) is 29.6 Å². The molecule has 0 spiro atoms. The Labute approximate surface area is 141 Å². The molecule has 2 aliphatic rings. The highest BCUT2D eigenvalue weighted by Gasteiger charge is 2.42. The molecular formula is C14H23N5O4S. The number of hydrogen-bond acceptors (Lipinski definition) is 6. The van der Waals surface area contributed by atoms with Crippen LogP contribution in [0.2, 0.25) is 0 Å². The average Bonchev–Trinajstić information content (AvgIpc) is 3.17. The summed E-state index contributed by atoms with van der Waals surface area (Å²) in [6.45, 7) is 4.59. The lowest BCUT2D eigenvalue weighted by Gasteiger charge is -2.42. The maximum absolute atomic E-state index is 13.0. The van der Waals surface area contributed by atoms with Crippen LogP contribution in [0.1, 0.15) is 26.2 Å². The van der Waals surface area contributed by atoms with Gasteiger partial charge in [-0.1, -0.05) is 6.92 Å². The van der Waals surface area contributed by atoms with E-state index < -0.39 is 10.0 Å². The molecule has 0 atom stereocenters. The number of nitrogens with one attached hydrogen (secondary N) is 1. The smallest absolute Gasteiger partial charge is 0.278 e. The third-order valence-electron chi connectivity index (χ3n) is 5.08. The minimum atomic E-state index is -3.67. The summed E-state index contributed by atoms with van der Waals surface area (Å²) in [6.07, 6.45) is 3.42. The Bertz CT molecular complexity index is 661. The van der Waals surface area contributed by atoms with Crippen molar-refractivity contribution in [3.8, 4) is 0 Å². The summed E-state index contributed by atoms with van der Waals surface area (Å²) in [5.74, 6) is 0.130. The monoisotopic (exact) mass is 357 g/mol. The summed E-state index contributed by atoms with van der Waals surface area (Å²) in [5, 5.41) is 5.82. The van der Waals surface area contributed by atoms with E-state index in [0.717, 1.165) is 19.3 Å². The largest absolute Gasteiger partial charge is 0.381 e. The minimum Gasteiger partial charge on any atom is -0.381 e. The van der Waals surface area contributed by atoms with E-state index in [0.29, 0.717) is 26.3 Å². The highest BCUT2D eigenvalue weighted by Crippen LogP contribution is 2.36. The van der Waals surface area contributed by atoms with Crippen molar-refractivity contribution in [3.05, 3.63) is 6.33 Å². The molecule has 0 aromatic carbocycles. The Morgan fingerprint density at radius 3 is 2.50 bits per heavy atom. The van der Waals surface area contributed by atoms with Gasteiger partial charge in [-0.25, -0.2) is 18.5 Å². The van der Waals surface area contributed by atoms with Crippen LogP contribution < -0.4 is 0 Å². The number of aromatic nitrogens is 3. The Morgan fingerprint density at radius 2 is 1.96 bits per heavy atom. The number of aromatic amines is 1. The van der Waals surface area contributed by atoms with Crippen LogP contribution in [0.5, 0.6) is 0 Å². The Hall–Kier alpha value is -1.52. The maximum Gasteiger partial charge on any atom is 0.278 e. The van der Waals surface area contributed by atoms with Crippen LogP contribution in [-0.2, 0) is 19.6 Å². The highest BCUT2D eigenvalue weighted by molar-refractivity contribution is 7.88. The van der Waals surface area contributed by atoms with Crippen LogP contribution >= 0.6 is 0 Å². The second-order valence-corrected chi connectivity index (χ2v) is 8.09. The lowest BCUT2D eigenvalue weighted by molar-refractivity contribution is -0.149. The van der Waals surface area contributed by atoms with Crippen LogP contribution in [0, 0.1) is 5.41 Å². The number of amides is 1. The molecule has 0 radical (unpaired) electrons. The molecule has 2 saturated heterocycles. The van der Waals surface area contributed by atoms with Crippen LogP contribution in [0.3, 0.4) is 0 Å². The fraction of sp³-hybridized carbons (Fsp3) is 0.786. The fourth-order valence-electron chi connectivity index (χ4n) is 3.39. The predicted molar refractivity (Wildman–Crippen MR) is 84.5 cm³/mol. The average molecular weight is 357 g/mol. The first-order valence-corrected chi connectivity index (χ1v) is 9.66. The number of sulfonamides is 1. The van der Waals surface area contributed by atoms with Crippen molar-refractivity contribution in [1.82, 2.24) is 24.4 Å². The van der Waals surface area contributed by atoms with Crippen molar-refractivity contribution < 1.29 is 17.9 Å². The van der Waals surface area contributed by atoms with E-state index in [1.165, 1.54) is 10.6 Å². The lowest BCUT2D eigenvalue weighted by Crippen LogP contribution is -2.55. The summed E-state index contributed by atoms with van der Waals surface area (Å²) in [7, 11) is -3.67. The molecular weight excluding hydrogens is 334 g/mol. The van der Waals surface area contributed by atoms with E-state index in [4.69, 9.17) is 4.74 Å². The Morgan fingerprint density at radius 1 is 1.29 bits per heavy atom. The van der Waals surface area contributed by atoms with Crippen molar-refractivity contribution in [3.63, 3.8) is 0 Å². The standard InChI is InChI=1S/C14H23N5O4S/c1-2-14(3-9-23-10-4-14)12(20)18-5-7-19(8-6-18)24(21,22)13-15-11-16-17-13/h11H,2-10H2,1H3,(H,15,16,17). The van der Waals surface area contributed by atoms with Gasteiger partial charge < -0.3 is 9.64 Å². The van der Waals surface area contributed by atoms with Crippen molar-refractivity contribution in [2.45, 2.75) is 31.3 Å². The van der Waals surface area contributed by atoms with Crippen molar-refractivity contribution in [2.75, 3.05) is 39.4 Å². The maximum atomic E-state index is 13.0. The van der Waals surface area contributed by atoms with Gasteiger partial charge in [0, 0.05) is 39.4 Å². The number of rotatable bonds is 4. The number of carbonyl (C=O) groups excluding carboxylic acids is 1. The van der Waals surface area contributed by atoms with Gasteiger partial charge in [0.15, 0.2) is 0 Å². The third kappa shape index (κ3) is 3.05. The normalized spacial score (nSPS) is 22.5. The van der Waals surface area contributed by atoms with Crippen LogP contribution in [0.4, 0.5) is 0 Å². The molecule has 0 saturated carbocycles. The fourth-order valence-corrected chi connectivity index (χ4v) is 4.63. The summed E-state index contributed by atoms with van der Waals surface area (Å²) in [6, 6.07) is 0. The summed E-state index contributed by atoms with van der Waals surface area (Å²) in [4.78, 5) is 18.5. The third-order valence-corrected chi connectivity index (χ3v) is 6.81. The van der Waals surface area contributed by atoms with Crippen LogP contribution in [0.15, 0.2) is 11.5 Å². The predicted octanol–water partition coefficient (Wildman–Crippen LogP) is -0.156. The molecule has 0 unspecified atom stereocenters. The quantitative estimate of drug-likeness (QED) is 0.802. The molecule has 10 heteroatoms. The van der Waals surface area contributed by atoms with Gasteiger partial charge in [0.25, 0.3) is 15.2 Å². The van der Waals surface area contributed by atoms with Crippen molar-refractivity contribution in [2.24, 2.45) is 5.41 Å². The molecule has 9 nitrogen and oxygen atoms in total. The summed E-state index contributed by atoms with van der Waals surface area (Å²) in [5.41, 5.74) is -0.357. The first-order valence-electron chi connectivity index (χ1n) is 8.22. The lowest BCUT2D eigenvalue weighted by atomic mass is 9.76. The Balaban J connectivity index is 1.65. The number of nitrogens with zero attached hydrogens (tertiary/aromatic N) is 4. The number of ether oxygens (including phenoxy) is 1. The van der Waals surface area contributed by atoms with E-state index >= 15 is 0 Å².